The van der Waals surface area contributed by atoms with Crippen molar-refractivity contribution in [2.45, 2.75) is 12.5 Å². The second-order valence-electron chi connectivity index (χ2n) is 4.72. The van der Waals surface area contributed by atoms with Gasteiger partial charge in [-0.2, -0.15) is 0 Å². The summed E-state index contributed by atoms with van der Waals surface area (Å²) in [5.74, 6) is 0.519. The number of ketones is 1. The molecule has 2 rings (SSSR count). The van der Waals surface area contributed by atoms with Crippen LogP contribution in [0.1, 0.15) is 6.42 Å². The van der Waals surface area contributed by atoms with E-state index < -0.39 is 0 Å². The van der Waals surface area contributed by atoms with E-state index in [1.54, 1.807) is 0 Å². The number of nitrogens with zero attached hydrogens (tertiary/aromatic N) is 2. The van der Waals surface area contributed by atoms with Crippen LogP contribution in [-0.2, 0) is 9.53 Å². The first-order chi connectivity index (χ1) is 7.18. The summed E-state index contributed by atoms with van der Waals surface area (Å²) in [7, 11) is 4.13. The number of likely N-dealkylation sites (N-methyl/N-ethyl adjacent to an activating group) is 2. The zero-order valence-corrected chi connectivity index (χ0v) is 9.61. The molecule has 0 aromatic rings. The van der Waals surface area contributed by atoms with Crippen molar-refractivity contribution in [3.8, 4) is 0 Å². The largest absolute Gasteiger partial charge is 0.381 e. The highest BCUT2D eigenvalue weighted by molar-refractivity contribution is 5.87. The summed E-state index contributed by atoms with van der Waals surface area (Å²) >= 11 is 0. The SMILES string of the molecule is CN1CCN(C)C(C(=O)C2CCOC2)C1. The van der Waals surface area contributed by atoms with E-state index in [2.05, 4.69) is 16.8 Å². The molecule has 2 atom stereocenters. The minimum Gasteiger partial charge on any atom is -0.381 e. The van der Waals surface area contributed by atoms with Crippen LogP contribution in [0.3, 0.4) is 0 Å². The Bertz CT molecular complexity index is 239. The lowest BCUT2D eigenvalue weighted by Gasteiger charge is -2.37. The van der Waals surface area contributed by atoms with Gasteiger partial charge in [0, 0.05) is 32.2 Å². The standard InChI is InChI=1S/C11H20N2O2/c1-12-4-5-13(2)10(7-12)11(14)9-3-6-15-8-9/h9-10H,3-8H2,1-2H3. The molecule has 0 bridgehead atoms. The fourth-order valence-electron chi connectivity index (χ4n) is 2.35. The predicted molar refractivity (Wildman–Crippen MR) is 57.8 cm³/mol. The van der Waals surface area contributed by atoms with E-state index in [9.17, 15) is 4.79 Å². The first kappa shape index (κ1) is 11.0. The maximum Gasteiger partial charge on any atom is 0.156 e. The first-order valence-electron chi connectivity index (χ1n) is 5.68. The summed E-state index contributed by atoms with van der Waals surface area (Å²) in [5.41, 5.74) is 0. The van der Waals surface area contributed by atoms with Gasteiger partial charge in [0.2, 0.25) is 0 Å². The number of Topliss-reactive ketones (excluding diaryl/α,β-unsaturated/α-hetero) is 1. The van der Waals surface area contributed by atoms with Gasteiger partial charge in [-0.1, -0.05) is 0 Å². The number of rotatable bonds is 2. The van der Waals surface area contributed by atoms with Crippen LogP contribution >= 0.6 is 0 Å². The van der Waals surface area contributed by atoms with Gasteiger partial charge in [0.15, 0.2) is 5.78 Å². The topological polar surface area (TPSA) is 32.8 Å². The summed E-state index contributed by atoms with van der Waals surface area (Å²) in [5, 5.41) is 0. The molecule has 15 heavy (non-hydrogen) atoms. The molecule has 0 aromatic heterocycles. The fourth-order valence-corrected chi connectivity index (χ4v) is 2.35. The van der Waals surface area contributed by atoms with Crippen LogP contribution in [0.4, 0.5) is 0 Å². The van der Waals surface area contributed by atoms with Gasteiger partial charge in [0.25, 0.3) is 0 Å². The Morgan fingerprint density at radius 3 is 2.80 bits per heavy atom. The molecular weight excluding hydrogens is 192 g/mol. The maximum absolute atomic E-state index is 12.2. The van der Waals surface area contributed by atoms with Crippen LogP contribution in [0.5, 0.6) is 0 Å². The van der Waals surface area contributed by atoms with E-state index >= 15 is 0 Å². The normalized spacial score (nSPS) is 34.5. The van der Waals surface area contributed by atoms with Crippen molar-refractivity contribution >= 4 is 5.78 Å². The molecule has 0 aromatic carbocycles. The van der Waals surface area contributed by atoms with Gasteiger partial charge < -0.3 is 9.64 Å². The Morgan fingerprint density at radius 2 is 2.13 bits per heavy atom. The molecule has 2 heterocycles. The highest BCUT2D eigenvalue weighted by atomic mass is 16.5. The molecule has 0 N–H and O–H groups in total. The second kappa shape index (κ2) is 4.60. The summed E-state index contributed by atoms with van der Waals surface area (Å²) in [6.07, 6.45) is 0.910. The number of carbonyl (C=O) groups is 1. The third-order valence-electron chi connectivity index (χ3n) is 3.51. The lowest BCUT2D eigenvalue weighted by Crippen LogP contribution is -2.55. The van der Waals surface area contributed by atoms with Crippen molar-refractivity contribution in [2.24, 2.45) is 5.92 Å². The van der Waals surface area contributed by atoms with Crippen LogP contribution in [0.2, 0.25) is 0 Å². The molecule has 4 nitrogen and oxygen atoms in total. The van der Waals surface area contributed by atoms with E-state index in [-0.39, 0.29) is 12.0 Å². The molecule has 2 aliphatic rings. The summed E-state index contributed by atoms with van der Waals surface area (Å²) in [6.45, 7) is 4.29. The van der Waals surface area contributed by atoms with Gasteiger partial charge >= 0.3 is 0 Å². The lowest BCUT2D eigenvalue weighted by atomic mass is 9.95. The van der Waals surface area contributed by atoms with Crippen LogP contribution in [0, 0.1) is 5.92 Å². The van der Waals surface area contributed by atoms with Crippen LogP contribution < -0.4 is 0 Å². The molecule has 0 aliphatic carbocycles. The minimum absolute atomic E-state index is 0.0791. The van der Waals surface area contributed by atoms with Crippen molar-refractivity contribution in [1.29, 1.82) is 0 Å². The third-order valence-corrected chi connectivity index (χ3v) is 3.51. The second-order valence-corrected chi connectivity index (χ2v) is 4.72. The quantitative estimate of drug-likeness (QED) is 0.636. The third kappa shape index (κ3) is 2.38. The zero-order valence-electron chi connectivity index (χ0n) is 9.61. The number of hydrogen-bond donors (Lipinski definition) is 0. The Balaban J connectivity index is 1.97. The lowest BCUT2D eigenvalue weighted by molar-refractivity contribution is -0.129. The molecule has 0 radical (unpaired) electrons. The van der Waals surface area contributed by atoms with E-state index in [1.165, 1.54) is 0 Å². The van der Waals surface area contributed by atoms with E-state index in [1.807, 2.05) is 7.05 Å². The van der Waals surface area contributed by atoms with Gasteiger partial charge in [0.1, 0.15) is 0 Å². The molecular formula is C11H20N2O2. The van der Waals surface area contributed by atoms with Crippen molar-refractivity contribution in [2.75, 3.05) is 46.9 Å². The van der Waals surface area contributed by atoms with Crippen LogP contribution in [-0.4, -0.2) is 68.6 Å². The molecule has 0 spiro atoms. The van der Waals surface area contributed by atoms with Gasteiger partial charge in [-0.25, -0.2) is 0 Å². The predicted octanol–water partition coefficient (Wildman–Crippen LogP) is -0.162. The molecule has 4 heteroatoms. The first-order valence-corrected chi connectivity index (χ1v) is 5.68. The molecule has 2 unspecified atom stereocenters. The molecule has 0 amide bonds. The maximum atomic E-state index is 12.2. The van der Waals surface area contributed by atoms with Gasteiger partial charge in [-0.3, -0.25) is 9.69 Å². The van der Waals surface area contributed by atoms with E-state index in [0.29, 0.717) is 12.4 Å². The van der Waals surface area contributed by atoms with Crippen molar-refractivity contribution in [3.05, 3.63) is 0 Å². The van der Waals surface area contributed by atoms with Gasteiger partial charge in [-0.15, -0.1) is 0 Å². The molecule has 2 aliphatic heterocycles. The van der Waals surface area contributed by atoms with Crippen LogP contribution in [0.25, 0.3) is 0 Å². The van der Waals surface area contributed by atoms with Crippen LogP contribution in [0.15, 0.2) is 0 Å². The van der Waals surface area contributed by atoms with Crippen molar-refractivity contribution < 1.29 is 9.53 Å². The molecule has 86 valence electrons. The molecule has 2 saturated heterocycles. The van der Waals surface area contributed by atoms with Gasteiger partial charge in [-0.05, 0) is 20.5 Å². The fraction of sp³-hybridized carbons (Fsp3) is 0.909. The van der Waals surface area contributed by atoms with Crippen molar-refractivity contribution in [3.63, 3.8) is 0 Å². The summed E-state index contributed by atoms with van der Waals surface area (Å²) in [6, 6.07) is 0.0791. The van der Waals surface area contributed by atoms with E-state index in [0.717, 1.165) is 32.7 Å². The number of hydrogen-bond acceptors (Lipinski definition) is 4. The Hall–Kier alpha value is -0.450. The Kier molecular flexibility index (Phi) is 3.38. The number of piperazine rings is 1. The average Bonchev–Trinajstić information content (AvgIpc) is 2.74. The summed E-state index contributed by atoms with van der Waals surface area (Å²) < 4.78 is 5.28. The Morgan fingerprint density at radius 1 is 1.33 bits per heavy atom. The molecule has 0 saturated carbocycles. The minimum atomic E-state index is 0.0791. The zero-order chi connectivity index (χ0) is 10.8. The van der Waals surface area contributed by atoms with E-state index in [4.69, 9.17) is 4.74 Å². The summed E-state index contributed by atoms with van der Waals surface area (Å²) in [4.78, 5) is 16.6. The van der Waals surface area contributed by atoms with Gasteiger partial charge in [0.05, 0.1) is 12.6 Å². The highest BCUT2D eigenvalue weighted by Crippen LogP contribution is 2.19. The highest BCUT2D eigenvalue weighted by Gasteiger charge is 2.34. The smallest absolute Gasteiger partial charge is 0.156 e. The monoisotopic (exact) mass is 212 g/mol. The van der Waals surface area contributed by atoms with Crippen molar-refractivity contribution in [1.82, 2.24) is 9.80 Å². The molecule has 2 fully saturated rings. The number of ether oxygens (including phenoxy) is 1. The average molecular weight is 212 g/mol. The number of carbonyl (C=O) groups excluding carboxylic acids is 1. The Labute approximate surface area is 91.2 Å².